The summed E-state index contributed by atoms with van der Waals surface area (Å²) in [7, 11) is 0. The standard InChI is InChI=1S/C17H15Br2FO/c1-17(2)9-21-15-6-4-10(7-12(15)17)16(19)11-3-5-14(20)13(18)8-11/h3-8,16H,9H2,1-2H3. The lowest BCUT2D eigenvalue weighted by Crippen LogP contribution is -2.18. The molecule has 110 valence electrons. The van der Waals surface area contributed by atoms with E-state index in [-0.39, 0.29) is 16.1 Å². The molecular formula is C17H15Br2FO. The first-order chi connectivity index (χ1) is 9.88. The van der Waals surface area contributed by atoms with Gasteiger partial charge >= 0.3 is 0 Å². The van der Waals surface area contributed by atoms with Crippen molar-refractivity contribution in [1.29, 1.82) is 0 Å². The van der Waals surface area contributed by atoms with Crippen LogP contribution in [-0.2, 0) is 5.41 Å². The maximum Gasteiger partial charge on any atom is 0.137 e. The molecule has 0 fully saturated rings. The van der Waals surface area contributed by atoms with E-state index in [4.69, 9.17) is 4.74 Å². The van der Waals surface area contributed by atoms with E-state index in [2.05, 4.69) is 57.8 Å². The summed E-state index contributed by atoms with van der Waals surface area (Å²) in [6.07, 6.45) is 0. The Morgan fingerprint density at radius 1 is 1.14 bits per heavy atom. The van der Waals surface area contributed by atoms with Gasteiger partial charge in [0.1, 0.15) is 11.6 Å². The highest BCUT2D eigenvalue weighted by Crippen LogP contribution is 2.42. The Morgan fingerprint density at radius 3 is 2.52 bits per heavy atom. The average Bonchev–Trinajstić information content (AvgIpc) is 2.76. The molecule has 0 spiro atoms. The largest absolute Gasteiger partial charge is 0.492 e. The summed E-state index contributed by atoms with van der Waals surface area (Å²) in [6.45, 7) is 5.07. The van der Waals surface area contributed by atoms with Gasteiger partial charge in [0, 0.05) is 11.0 Å². The summed E-state index contributed by atoms with van der Waals surface area (Å²) in [6, 6.07) is 11.3. The molecule has 3 rings (SSSR count). The van der Waals surface area contributed by atoms with Crippen LogP contribution in [-0.4, -0.2) is 6.61 Å². The van der Waals surface area contributed by atoms with Crippen molar-refractivity contribution in [1.82, 2.24) is 0 Å². The number of halogens is 3. The van der Waals surface area contributed by atoms with E-state index in [9.17, 15) is 4.39 Å². The van der Waals surface area contributed by atoms with E-state index in [1.807, 2.05) is 12.1 Å². The Balaban J connectivity index is 1.99. The lowest BCUT2D eigenvalue weighted by Gasteiger charge is -2.18. The van der Waals surface area contributed by atoms with Gasteiger partial charge in [-0.3, -0.25) is 0 Å². The number of hydrogen-bond acceptors (Lipinski definition) is 1. The number of fused-ring (bicyclic) bond motifs is 1. The van der Waals surface area contributed by atoms with Crippen molar-refractivity contribution >= 4 is 31.9 Å². The van der Waals surface area contributed by atoms with Gasteiger partial charge in [0.15, 0.2) is 0 Å². The zero-order valence-electron chi connectivity index (χ0n) is 11.8. The van der Waals surface area contributed by atoms with E-state index >= 15 is 0 Å². The van der Waals surface area contributed by atoms with Gasteiger partial charge in [-0.25, -0.2) is 4.39 Å². The van der Waals surface area contributed by atoms with E-state index in [0.29, 0.717) is 11.1 Å². The minimum Gasteiger partial charge on any atom is -0.492 e. The first-order valence-electron chi connectivity index (χ1n) is 6.75. The molecule has 1 unspecified atom stereocenters. The van der Waals surface area contributed by atoms with Crippen molar-refractivity contribution < 1.29 is 9.13 Å². The van der Waals surface area contributed by atoms with Gasteiger partial charge in [-0.2, -0.15) is 0 Å². The third-order valence-corrected chi connectivity index (χ3v) is 5.52. The highest BCUT2D eigenvalue weighted by molar-refractivity contribution is 9.10. The first-order valence-corrected chi connectivity index (χ1v) is 8.45. The number of benzene rings is 2. The number of alkyl halides is 1. The predicted molar refractivity (Wildman–Crippen MR) is 89.8 cm³/mol. The van der Waals surface area contributed by atoms with Crippen LogP contribution in [0.15, 0.2) is 40.9 Å². The monoisotopic (exact) mass is 412 g/mol. The van der Waals surface area contributed by atoms with Gasteiger partial charge in [-0.05, 0) is 51.3 Å². The molecule has 1 heterocycles. The Bertz CT molecular complexity index is 697. The SMILES string of the molecule is CC1(C)COc2ccc(C(Br)c3ccc(F)c(Br)c3)cc21. The van der Waals surface area contributed by atoms with Crippen molar-refractivity contribution in [2.45, 2.75) is 24.1 Å². The van der Waals surface area contributed by atoms with Crippen LogP contribution in [0.4, 0.5) is 4.39 Å². The van der Waals surface area contributed by atoms with Crippen LogP contribution in [0.25, 0.3) is 0 Å². The van der Waals surface area contributed by atoms with Crippen LogP contribution in [0, 0.1) is 5.82 Å². The minimum absolute atomic E-state index is 0.0242. The fraction of sp³-hybridized carbons (Fsp3) is 0.294. The van der Waals surface area contributed by atoms with Gasteiger partial charge in [0.25, 0.3) is 0 Å². The topological polar surface area (TPSA) is 9.23 Å². The first kappa shape index (κ1) is 15.0. The molecule has 0 aromatic heterocycles. The molecule has 0 radical (unpaired) electrons. The van der Waals surface area contributed by atoms with Crippen molar-refractivity contribution in [3.63, 3.8) is 0 Å². The van der Waals surface area contributed by atoms with Crippen LogP contribution in [0.3, 0.4) is 0 Å². The third kappa shape index (κ3) is 2.76. The van der Waals surface area contributed by atoms with E-state index < -0.39 is 0 Å². The lowest BCUT2D eigenvalue weighted by atomic mass is 9.85. The van der Waals surface area contributed by atoms with Crippen LogP contribution in [0.1, 0.15) is 35.4 Å². The number of hydrogen-bond donors (Lipinski definition) is 0. The van der Waals surface area contributed by atoms with Gasteiger partial charge in [0.2, 0.25) is 0 Å². The van der Waals surface area contributed by atoms with Crippen molar-refractivity contribution in [2.24, 2.45) is 0 Å². The molecule has 0 bridgehead atoms. The fourth-order valence-electron chi connectivity index (χ4n) is 2.56. The maximum absolute atomic E-state index is 13.4. The average molecular weight is 414 g/mol. The van der Waals surface area contributed by atoms with Crippen LogP contribution in [0.2, 0.25) is 0 Å². The molecular weight excluding hydrogens is 399 g/mol. The second-order valence-corrected chi connectivity index (χ2v) is 7.73. The second kappa shape index (κ2) is 5.40. The molecule has 1 nitrogen and oxygen atoms in total. The Kier molecular flexibility index (Phi) is 3.87. The Hall–Kier alpha value is -0.870. The molecule has 4 heteroatoms. The van der Waals surface area contributed by atoms with Crippen molar-refractivity contribution in [3.8, 4) is 5.75 Å². The highest BCUT2D eigenvalue weighted by Gasteiger charge is 2.32. The summed E-state index contributed by atoms with van der Waals surface area (Å²) in [5, 5.41) is 0. The lowest BCUT2D eigenvalue weighted by molar-refractivity contribution is 0.291. The molecule has 1 atom stereocenters. The summed E-state index contributed by atoms with van der Waals surface area (Å²) < 4.78 is 19.6. The summed E-state index contributed by atoms with van der Waals surface area (Å²) in [4.78, 5) is 0.0242. The molecule has 0 saturated heterocycles. The van der Waals surface area contributed by atoms with Gasteiger partial charge in [-0.15, -0.1) is 0 Å². The third-order valence-electron chi connectivity index (χ3n) is 3.85. The van der Waals surface area contributed by atoms with Crippen LogP contribution >= 0.6 is 31.9 Å². The van der Waals surface area contributed by atoms with E-state index in [1.54, 1.807) is 6.07 Å². The summed E-state index contributed by atoms with van der Waals surface area (Å²) in [5.41, 5.74) is 3.41. The van der Waals surface area contributed by atoms with Gasteiger partial charge < -0.3 is 4.74 Å². The maximum atomic E-state index is 13.4. The zero-order chi connectivity index (χ0) is 15.2. The molecule has 2 aromatic rings. The molecule has 1 aliphatic heterocycles. The zero-order valence-corrected chi connectivity index (χ0v) is 15.0. The molecule has 1 aliphatic rings. The van der Waals surface area contributed by atoms with Gasteiger partial charge in [0.05, 0.1) is 15.9 Å². The van der Waals surface area contributed by atoms with Gasteiger partial charge in [-0.1, -0.05) is 41.9 Å². The number of ether oxygens (including phenoxy) is 1. The quantitative estimate of drug-likeness (QED) is 0.570. The summed E-state index contributed by atoms with van der Waals surface area (Å²) >= 11 is 6.95. The normalized spacial score (nSPS) is 17.2. The van der Waals surface area contributed by atoms with Crippen LogP contribution < -0.4 is 4.74 Å². The highest BCUT2D eigenvalue weighted by atomic mass is 79.9. The molecule has 0 N–H and O–H groups in total. The smallest absolute Gasteiger partial charge is 0.137 e. The molecule has 21 heavy (non-hydrogen) atoms. The molecule has 0 saturated carbocycles. The molecule has 2 aromatic carbocycles. The molecule has 0 aliphatic carbocycles. The van der Waals surface area contributed by atoms with Crippen molar-refractivity contribution in [2.75, 3.05) is 6.61 Å². The minimum atomic E-state index is -0.248. The summed E-state index contributed by atoms with van der Waals surface area (Å²) in [5.74, 6) is 0.714. The number of rotatable bonds is 2. The van der Waals surface area contributed by atoms with Crippen molar-refractivity contribution in [3.05, 3.63) is 63.4 Å². The van der Waals surface area contributed by atoms with Crippen LogP contribution in [0.5, 0.6) is 5.75 Å². The Labute approximate surface area is 140 Å². The molecule has 0 amide bonds. The second-order valence-electron chi connectivity index (χ2n) is 5.96. The van der Waals surface area contributed by atoms with E-state index in [1.165, 1.54) is 11.6 Å². The fourth-order valence-corrected chi connectivity index (χ4v) is 3.52. The Morgan fingerprint density at radius 2 is 1.81 bits per heavy atom. The predicted octanol–water partition coefficient (Wildman–Crippen LogP) is 5.74. The van der Waals surface area contributed by atoms with E-state index in [0.717, 1.165) is 16.9 Å².